The second-order valence-corrected chi connectivity index (χ2v) is 3.56. The summed E-state index contributed by atoms with van der Waals surface area (Å²) in [4.78, 5) is 10.3. The number of rotatable bonds is 3. The van der Waals surface area contributed by atoms with Crippen LogP contribution in [-0.4, -0.2) is 22.4 Å². The molecule has 0 saturated heterocycles. The lowest BCUT2D eigenvalue weighted by Gasteiger charge is -2.13. The van der Waals surface area contributed by atoms with E-state index in [1.54, 1.807) is 18.2 Å². The number of hydrogen-bond donors (Lipinski definition) is 2. The first-order valence-corrected chi connectivity index (χ1v) is 4.62. The summed E-state index contributed by atoms with van der Waals surface area (Å²) in [6.45, 7) is 0. The summed E-state index contributed by atoms with van der Waals surface area (Å²) in [6.07, 6.45) is -3.96. The number of hydrogen-bond acceptors (Lipinski definition) is 2. The molecule has 0 fully saturated rings. The van der Waals surface area contributed by atoms with Crippen LogP contribution < -0.4 is 0 Å². The third-order valence-electron chi connectivity index (χ3n) is 1.74. The lowest BCUT2D eigenvalue weighted by molar-refractivity contribution is -0.147. The second kappa shape index (κ2) is 4.52. The van der Waals surface area contributed by atoms with E-state index in [1.165, 1.54) is 6.07 Å². The van der Waals surface area contributed by atoms with E-state index in [0.717, 1.165) is 0 Å². The number of carbonyl (C=O) groups is 1. The molecule has 1 aromatic carbocycles. The quantitative estimate of drug-likeness (QED) is 0.875. The van der Waals surface area contributed by atoms with Gasteiger partial charge in [0.05, 0.1) is 0 Å². The largest absolute Gasteiger partial charge is 0.479 e. The van der Waals surface area contributed by atoms with Gasteiger partial charge in [-0.2, -0.15) is 0 Å². The van der Waals surface area contributed by atoms with Gasteiger partial charge >= 0.3 is 5.97 Å². The third-order valence-corrected chi connectivity index (χ3v) is 2.46. The number of benzene rings is 1. The Labute approximate surface area is 88.3 Å². The molecule has 0 bridgehead atoms. The Bertz CT molecular complexity index is 343. The van der Waals surface area contributed by atoms with Crippen LogP contribution in [-0.2, 0) is 4.79 Å². The number of carboxylic acids is 1. The molecule has 0 aromatic heterocycles. The fourth-order valence-electron chi connectivity index (χ4n) is 1.01. The number of aliphatic hydroxyl groups excluding tert-OH is 1. The van der Waals surface area contributed by atoms with E-state index in [4.69, 9.17) is 5.11 Å². The highest BCUT2D eigenvalue weighted by atomic mass is 79.9. The fraction of sp³-hybridized carbons (Fsp3) is 0.222. The van der Waals surface area contributed by atoms with Gasteiger partial charge in [0.25, 0.3) is 0 Å². The van der Waals surface area contributed by atoms with E-state index >= 15 is 0 Å². The molecule has 2 unspecified atom stereocenters. The van der Waals surface area contributed by atoms with Crippen LogP contribution in [0, 0.1) is 0 Å². The Morgan fingerprint density at radius 1 is 1.43 bits per heavy atom. The van der Waals surface area contributed by atoms with Gasteiger partial charge in [0.15, 0.2) is 0 Å². The van der Waals surface area contributed by atoms with Crippen molar-refractivity contribution in [2.24, 2.45) is 0 Å². The summed E-state index contributed by atoms with van der Waals surface area (Å²) in [5.41, 5.74) is 0.224. The molecular weight excluding hydrogens is 255 g/mol. The lowest BCUT2D eigenvalue weighted by atomic mass is 10.1. The molecule has 0 aliphatic rings. The van der Waals surface area contributed by atoms with E-state index in [1.807, 2.05) is 0 Å². The molecule has 76 valence electrons. The molecule has 0 radical (unpaired) electrons. The summed E-state index contributed by atoms with van der Waals surface area (Å²) in [7, 11) is 0. The molecule has 1 rings (SSSR count). The summed E-state index contributed by atoms with van der Waals surface area (Å²) in [6, 6.07) is 6.35. The Balaban J connectivity index is 2.94. The molecule has 5 heteroatoms. The molecule has 0 heterocycles. The first-order valence-electron chi connectivity index (χ1n) is 3.83. The highest BCUT2D eigenvalue weighted by Gasteiger charge is 2.28. The van der Waals surface area contributed by atoms with Gasteiger partial charge in [-0.25, -0.2) is 9.18 Å². The van der Waals surface area contributed by atoms with E-state index in [-0.39, 0.29) is 5.56 Å². The Morgan fingerprint density at radius 2 is 2.00 bits per heavy atom. The van der Waals surface area contributed by atoms with Crippen LogP contribution in [0.1, 0.15) is 11.7 Å². The van der Waals surface area contributed by atoms with Gasteiger partial charge < -0.3 is 10.2 Å². The van der Waals surface area contributed by atoms with Gasteiger partial charge in [0, 0.05) is 4.47 Å². The minimum Gasteiger partial charge on any atom is -0.479 e. The van der Waals surface area contributed by atoms with Gasteiger partial charge in [0.1, 0.15) is 6.10 Å². The van der Waals surface area contributed by atoms with Gasteiger partial charge in [-0.05, 0) is 11.6 Å². The fourth-order valence-corrected chi connectivity index (χ4v) is 1.53. The lowest BCUT2D eigenvalue weighted by Crippen LogP contribution is -2.23. The maximum absolute atomic E-state index is 12.9. The molecule has 2 atom stereocenters. The number of alkyl halides is 1. The van der Waals surface area contributed by atoms with Crippen LogP contribution in [0.25, 0.3) is 0 Å². The number of carboxylic acid groups (broad SMARTS) is 1. The minimum atomic E-state index is -2.31. The standard InChI is InChI=1S/C9H8BrFO3/c10-6-4-2-1-3-5(6)8(12)7(11)9(13)14/h1-4,7-8,12H,(H,13,14). The summed E-state index contributed by atoms with van der Waals surface area (Å²) in [5, 5.41) is 17.7. The van der Waals surface area contributed by atoms with Crippen molar-refractivity contribution >= 4 is 21.9 Å². The normalized spacial score (nSPS) is 14.8. The first-order chi connectivity index (χ1) is 6.54. The van der Waals surface area contributed by atoms with Crippen molar-refractivity contribution in [2.45, 2.75) is 12.3 Å². The van der Waals surface area contributed by atoms with Crippen molar-refractivity contribution in [3.63, 3.8) is 0 Å². The van der Waals surface area contributed by atoms with Crippen molar-refractivity contribution in [1.29, 1.82) is 0 Å². The monoisotopic (exact) mass is 262 g/mol. The Hall–Kier alpha value is -0.940. The van der Waals surface area contributed by atoms with E-state index < -0.39 is 18.2 Å². The molecule has 0 spiro atoms. The van der Waals surface area contributed by atoms with Crippen LogP contribution in [0.3, 0.4) is 0 Å². The van der Waals surface area contributed by atoms with Gasteiger partial charge in [0.2, 0.25) is 6.17 Å². The average molecular weight is 263 g/mol. The molecule has 14 heavy (non-hydrogen) atoms. The maximum Gasteiger partial charge on any atom is 0.341 e. The van der Waals surface area contributed by atoms with E-state index in [9.17, 15) is 14.3 Å². The number of halogens is 2. The third kappa shape index (κ3) is 2.30. The van der Waals surface area contributed by atoms with Crippen molar-refractivity contribution in [3.05, 3.63) is 34.3 Å². The molecule has 0 aliphatic carbocycles. The molecule has 3 nitrogen and oxygen atoms in total. The van der Waals surface area contributed by atoms with Crippen LogP contribution in [0.2, 0.25) is 0 Å². The van der Waals surface area contributed by atoms with Gasteiger partial charge in [-0.15, -0.1) is 0 Å². The molecule has 0 amide bonds. The molecular formula is C9H8BrFO3. The average Bonchev–Trinajstić information content (AvgIpc) is 2.16. The minimum absolute atomic E-state index is 0.224. The maximum atomic E-state index is 12.9. The first kappa shape index (κ1) is 11.1. The zero-order valence-corrected chi connectivity index (χ0v) is 8.61. The summed E-state index contributed by atoms with van der Waals surface area (Å²) >= 11 is 3.09. The predicted octanol–water partition coefficient (Wildman–Crippen LogP) is 1.91. The van der Waals surface area contributed by atoms with Crippen molar-refractivity contribution in [1.82, 2.24) is 0 Å². The van der Waals surface area contributed by atoms with Crippen LogP contribution in [0.5, 0.6) is 0 Å². The zero-order valence-electron chi connectivity index (χ0n) is 7.02. The predicted molar refractivity (Wildman–Crippen MR) is 51.6 cm³/mol. The van der Waals surface area contributed by atoms with Crippen molar-refractivity contribution < 1.29 is 19.4 Å². The molecule has 0 saturated carbocycles. The van der Waals surface area contributed by atoms with Crippen molar-refractivity contribution in [2.75, 3.05) is 0 Å². The number of aliphatic carboxylic acids is 1. The Kier molecular flexibility index (Phi) is 3.60. The Morgan fingerprint density at radius 3 is 2.50 bits per heavy atom. The van der Waals surface area contributed by atoms with Gasteiger partial charge in [-0.1, -0.05) is 34.1 Å². The highest BCUT2D eigenvalue weighted by Crippen LogP contribution is 2.26. The number of aliphatic hydroxyl groups is 1. The molecule has 2 N–H and O–H groups in total. The SMILES string of the molecule is O=C(O)C(F)C(O)c1ccccc1Br. The van der Waals surface area contributed by atoms with Crippen LogP contribution >= 0.6 is 15.9 Å². The topological polar surface area (TPSA) is 57.5 Å². The van der Waals surface area contributed by atoms with E-state index in [2.05, 4.69) is 15.9 Å². The van der Waals surface area contributed by atoms with Crippen LogP contribution in [0.15, 0.2) is 28.7 Å². The van der Waals surface area contributed by atoms with Gasteiger partial charge in [-0.3, -0.25) is 0 Å². The van der Waals surface area contributed by atoms with Crippen LogP contribution in [0.4, 0.5) is 4.39 Å². The highest BCUT2D eigenvalue weighted by molar-refractivity contribution is 9.10. The molecule has 0 aliphatic heterocycles. The molecule has 1 aromatic rings. The van der Waals surface area contributed by atoms with Crippen molar-refractivity contribution in [3.8, 4) is 0 Å². The smallest absolute Gasteiger partial charge is 0.341 e. The second-order valence-electron chi connectivity index (χ2n) is 2.71. The van der Waals surface area contributed by atoms with E-state index in [0.29, 0.717) is 4.47 Å². The zero-order chi connectivity index (χ0) is 10.7. The summed E-state index contributed by atoms with van der Waals surface area (Å²) in [5.74, 6) is -1.67. The summed E-state index contributed by atoms with van der Waals surface area (Å²) < 4.78 is 13.4.